The van der Waals surface area contributed by atoms with Crippen molar-refractivity contribution in [1.82, 2.24) is 9.80 Å². The zero-order valence-electron chi connectivity index (χ0n) is 15.1. The molecule has 2 fully saturated rings. The fourth-order valence-electron chi connectivity index (χ4n) is 4.15. The maximum Gasteiger partial charge on any atom is 0.263 e. The molecule has 2 aliphatic rings. The van der Waals surface area contributed by atoms with Gasteiger partial charge in [0, 0.05) is 19.6 Å². The van der Waals surface area contributed by atoms with Gasteiger partial charge in [0.15, 0.2) is 0 Å². The zero-order valence-corrected chi connectivity index (χ0v) is 15.9. The molecule has 1 spiro atoms. The molecule has 0 aromatic carbocycles. The summed E-state index contributed by atoms with van der Waals surface area (Å²) in [5.41, 5.74) is 0.452. The number of furan rings is 1. The molecular formula is C21H26N2O2S. The van der Waals surface area contributed by atoms with Gasteiger partial charge in [-0.2, -0.15) is 0 Å². The van der Waals surface area contributed by atoms with Crippen LogP contribution >= 0.6 is 11.3 Å². The van der Waals surface area contributed by atoms with Crippen LogP contribution in [0.1, 0.15) is 41.1 Å². The molecule has 2 aromatic rings. The molecular weight excluding hydrogens is 344 g/mol. The molecule has 1 amide bonds. The Morgan fingerprint density at radius 3 is 2.54 bits per heavy atom. The van der Waals surface area contributed by atoms with E-state index in [1.165, 1.54) is 12.8 Å². The van der Waals surface area contributed by atoms with Crippen molar-refractivity contribution in [3.63, 3.8) is 0 Å². The molecule has 0 bridgehead atoms. The molecule has 4 nitrogen and oxygen atoms in total. The molecule has 26 heavy (non-hydrogen) atoms. The minimum Gasteiger partial charge on any atom is -0.465 e. The Labute approximate surface area is 159 Å². The molecule has 0 saturated carbocycles. The normalized spacial score (nSPS) is 20.8. The van der Waals surface area contributed by atoms with Crippen molar-refractivity contribution in [3.8, 4) is 0 Å². The lowest BCUT2D eigenvalue weighted by Crippen LogP contribution is -2.48. The molecule has 0 unspecified atom stereocenters. The van der Waals surface area contributed by atoms with Crippen LogP contribution < -0.4 is 0 Å². The first-order chi connectivity index (χ1) is 12.7. The van der Waals surface area contributed by atoms with Gasteiger partial charge in [-0.3, -0.25) is 9.69 Å². The van der Waals surface area contributed by atoms with Crippen molar-refractivity contribution in [1.29, 1.82) is 0 Å². The van der Waals surface area contributed by atoms with E-state index in [0.29, 0.717) is 5.41 Å². The molecule has 0 atom stereocenters. The number of likely N-dealkylation sites (tertiary alicyclic amines) is 2. The number of thiophene rings is 1. The molecule has 138 valence electrons. The molecule has 0 radical (unpaired) electrons. The van der Waals surface area contributed by atoms with Crippen molar-refractivity contribution < 1.29 is 9.21 Å². The van der Waals surface area contributed by atoms with Gasteiger partial charge in [-0.15, -0.1) is 11.3 Å². The fraction of sp³-hybridized carbons (Fsp3) is 0.476. The lowest BCUT2D eigenvalue weighted by molar-refractivity contribution is 0.0329. The largest absolute Gasteiger partial charge is 0.465 e. The van der Waals surface area contributed by atoms with Gasteiger partial charge in [-0.1, -0.05) is 12.1 Å². The van der Waals surface area contributed by atoms with Crippen LogP contribution in [-0.2, 0) is 0 Å². The van der Waals surface area contributed by atoms with Crippen molar-refractivity contribution in [2.24, 2.45) is 5.41 Å². The smallest absolute Gasteiger partial charge is 0.263 e. The van der Waals surface area contributed by atoms with E-state index >= 15 is 0 Å². The van der Waals surface area contributed by atoms with Gasteiger partial charge in [-0.05, 0) is 73.8 Å². The van der Waals surface area contributed by atoms with Crippen molar-refractivity contribution in [2.45, 2.75) is 25.7 Å². The second kappa shape index (κ2) is 7.80. The number of hydrogen-bond acceptors (Lipinski definition) is 4. The number of carbonyl (C=O) groups is 1. The molecule has 0 N–H and O–H groups in total. The maximum atomic E-state index is 12.5. The first kappa shape index (κ1) is 17.6. The van der Waals surface area contributed by atoms with E-state index in [1.807, 2.05) is 29.6 Å². The summed E-state index contributed by atoms with van der Waals surface area (Å²) in [7, 11) is 0. The van der Waals surface area contributed by atoms with Gasteiger partial charge in [0.2, 0.25) is 0 Å². The summed E-state index contributed by atoms with van der Waals surface area (Å²) in [5, 5.41) is 1.98. The van der Waals surface area contributed by atoms with Crippen LogP contribution in [0.5, 0.6) is 0 Å². The molecule has 2 aromatic heterocycles. The van der Waals surface area contributed by atoms with Crippen molar-refractivity contribution >= 4 is 23.3 Å². The van der Waals surface area contributed by atoms with E-state index in [4.69, 9.17) is 4.42 Å². The lowest BCUT2D eigenvalue weighted by atomic mass is 9.71. The van der Waals surface area contributed by atoms with Crippen LogP contribution in [0, 0.1) is 5.41 Å². The molecule has 5 heteroatoms. The monoisotopic (exact) mass is 370 g/mol. The van der Waals surface area contributed by atoms with Gasteiger partial charge in [0.25, 0.3) is 5.91 Å². The molecule has 0 aliphatic carbocycles. The predicted molar refractivity (Wildman–Crippen MR) is 105 cm³/mol. The zero-order chi connectivity index (χ0) is 17.8. The van der Waals surface area contributed by atoms with Crippen molar-refractivity contribution in [2.75, 3.05) is 32.7 Å². The van der Waals surface area contributed by atoms with Gasteiger partial charge < -0.3 is 9.32 Å². The van der Waals surface area contributed by atoms with Crippen LogP contribution in [0.15, 0.2) is 46.4 Å². The average molecular weight is 371 g/mol. The Morgan fingerprint density at radius 1 is 1.12 bits per heavy atom. The Balaban J connectivity index is 1.24. The molecule has 2 aliphatic heterocycles. The summed E-state index contributed by atoms with van der Waals surface area (Å²) in [6.45, 7) is 5.12. The second-order valence-corrected chi connectivity index (χ2v) is 8.44. The summed E-state index contributed by atoms with van der Waals surface area (Å²) >= 11 is 1.55. The molecule has 2 saturated heterocycles. The Kier molecular flexibility index (Phi) is 5.27. The Bertz CT molecular complexity index is 718. The van der Waals surface area contributed by atoms with E-state index in [9.17, 15) is 4.79 Å². The topological polar surface area (TPSA) is 36.7 Å². The number of hydrogen-bond donors (Lipinski definition) is 0. The summed E-state index contributed by atoms with van der Waals surface area (Å²) in [4.78, 5) is 18.0. The number of piperidine rings is 2. The minimum atomic E-state index is 0.218. The highest BCUT2D eigenvalue weighted by Gasteiger charge is 2.38. The highest BCUT2D eigenvalue weighted by molar-refractivity contribution is 7.12. The standard InChI is InChI=1S/C21H26N2O2S/c24-20(19-6-3-17-26-19)23-14-9-21(10-15-23)7-12-22(13-8-21)11-1-4-18-5-2-16-25-18/h1-6,16-17H,7-15H2. The van der Waals surface area contributed by atoms with Gasteiger partial charge in [-0.25, -0.2) is 0 Å². The van der Waals surface area contributed by atoms with Crippen LogP contribution in [0.25, 0.3) is 6.08 Å². The SMILES string of the molecule is O=C(c1cccs1)N1CCC2(CCN(CC=Cc3ccco3)CC2)CC1. The van der Waals surface area contributed by atoms with Gasteiger partial charge in [0.1, 0.15) is 5.76 Å². The number of nitrogens with zero attached hydrogens (tertiary/aromatic N) is 2. The molecule has 4 rings (SSSR count). The Morgan fingerprint density at radius 2 is 1.88 bits per heavy atom. The van der Waals surface area contributed by atoms with Gasteiger partial charge >= 0.3 is 0 Å². The molecule has 4 heterocycles. The maximum absolute atomic E-state index is 12.5. The fourth-order valence-corrected chi connectivity index (χ4v) is 4.85. The highest BCUT2D eigenvalue weighted by atomic mass is 32.1. The second-order valence-electron chi connectivity index (χ2n) is 7.49. The van der Waals surface area contributed by atoms with E-state index in [2.05, 4.69) is 22.0 Å². The summed E-state index contributed by atoms with van der Waals surface area (Å²) in [5.74, 6) is 1.14. The number of rotatable bonds is 4. The Hall–Kier alpha value is -1.85. The first-order valence-corrected chi connectivity index (χ1v) is 10.4. The van der Waals surface area contributed by atoms with Crippen LogP contribution in [0.3, 0.4) is 0 Å². The van der Waals surface area contributed by atoms with Gasteiger partial charge in [0.05, 0.1) is 11.1 Å². The summed E-state index contributed by atoms with van der Waals surface area (Å²) < 4.78 is 5.33. The lowest BCUT2D eigenvalue weighted by Gasteiger charge is -2.46. The van der Waals surface area contributed by atoms with Crippen LogP contribution in [0.4, 0.5) is 0 Å². The third kappa shape index (κ3) is 3.94. The van der Waals surface area contributed by atoms with E-state index in [1.54, 1.807) is 17.6 Å². The first-order valence-electron chi connectivity index (χ1n) is 9.49. The van der Waals surface area contributed by atoms with E-state index < -0.39 is 0 Å². The third-order valence-electron chi connectivity index (χ3n) is 5.95. The average Bonchev–Trinajstić information content (AvgIpc) is 3.38. The van der Waals surface area contributed by atoms with Crippen molar-refractivity contribution in [3.05, 3.63) is 52.6 Å². The van der Waals surface area contributed by atoms with Crippen LogP contribution in [0.2, 0.25) is 0 Å². The van der Waals surface area contributed by atoms with Crippen LogP contribution in [-0.4, -0.2) is 48.4 Å². The summed E-state index contributed by atoms with van der Waals surface area (Å²) in [6, 6.07) is 7.79. The highest BCUT2D eigenvalue weighted by Crippen LogP contribution is 2.41. The van der Waals surface area contributed by atoms with E-state index in [-0.39, 0.29) is 5.91 Å². The summed E-state index contributed by atoms with van der Waals surface area (Å²) in [6.07, 6.45) is 10.8. The van der Waals surface area contributed by atoms with E-state index in [0.717, 1.165) is 56.2 Å². The quantitative estimate of drug-likeness (QED) is 0.802. The predicted octanol–water partition coefficient (Wildman–Crippen LogP) is 4.37. The third-order valence-corrected chi connectivity index (χ3v) is 6.81. The minimum absolute atomic E-state index is 0.218. The number of carbonyl (C=O) groups excluding carboxylic acids is 1. The number of amides is 1.